The van der Waals surface area contributed by atoms with Gasteiger partial charge in [-0.3, -0.25) is 9.59 Å². The average Bonchev–Trinajstić information content (AvgIpc) is 2.97. The van der Waals surface area contributed by atoms with Gasteiger partial charge in [0.2, 0.25) is 11.9 Å². The first kappa shape index (κ1) is 15.0. The van der Waals surface area contributed by atoms with E-state index in [0.29, 0.717) is 11.6 Å². The van der Waals surface area contributed by atoms with Gasteiger partial charge in [-0.25, -0.2) is 9.97 Å². The molecule has 0 aliphatic carbocycles. The monoisotopic (exact) mass is 312 g/mol. The van der Waals surface area contributed by atoms with Gasteiger partial charge in [0, 0.05) is 43.7 Å². The van der Waals surface area contributed by atoms with Crippen molar-refractivity contribution >= 4 is 23.5 Å². The van der Waals surface area contributed by atoms with Crippen molar-refractivity contribution in [3.63, 3.8) is 0 Å². The number of nitrogens with one attached hydrogen (secondary N) is 1. The number of aliphatic carboxylic acids is 1. The number of benzene rings is 1. The lowest BCUT2D eigenvalue weighted by atomic mass is 10.1. The summed E-state index contributed by atoms with van der Waals surface area (Å²) in [6, 6.07) is 7.36. The van der Waals surface area contributed by atoms with Crippen LogP contribution in [-0.4, -0.2) is 40.5 Å². The molecular weight excluding hydrogens is 296 g/mol. The van der Waals surface area contributed by atoms with Crippen molar-refractivity contribution in [3.05, 3.63) is 36.7 Å². The molecule has 2 N–H and O–H groups in total. The molecule has 1 aliphatic rings. The van der Waals surface area contributed by atoms with Crippen molar-refractivity contribution in [1.29, 1.82) is 0 Å². The molecule has 1 aliphatic heterocycles. The summed E-state index contributed by atoms with van der Waals surface area (Å²) in [5.41, 5.74) is 2.50. The molecule has 1 atom stereocenters. The summed E-state index contributed by atoms with van der Waals surface area (Å²) >= 11 is 0. The standard InChI is InChI=1S/C16H16N4O3/c1-17-16-18-7-12(8-19-16)10-2-4-13(5-3-10)20-9-11(15(22)23)6-14(20)21/h2-5,7-8,11H,6,9H2,1H3,(H,22,23)(H,17,18,19). The second kappa shape index (κ2) is 6.04. The smallest absolute Gasteiger partial charge is 0.308 e. The normalized spacial score (nSPS) is 17.3. The van der Waals surface area contributed by atoms with Gasteiger partial charge in [0.25, 0.3) is 0 Å². The molecule has 1 amide bonds. The summed E-state index contributed by atoms with van der Waals surface area (Å²) in [7, 11) is 1.75. The number of carbonyl (C=O) groups excluding carboxylic acids is 1. The van der Waals surface area contributed by atoms with Gasteiger partial charge in [-0.15, -0.1) is 0 Å². The van der Waals surface area contributed by atoms with E-state index in [0.717, 1.165) is 11.1 Å². The Bertz CT molecular complexity index is 728. The number of carbonyl (C=O) groups is 2. The molecule has 118 valence electrons. The summed E-state index contributed by atoms with van der Waals surface area (Å²) in [5, 5.41) is 11.9. The lowest BCUT2D eigenvalue weighted by Crippen LogP contribution is -2.25. The third-order valence-electron chi connectivity index (χ3n) is 3.86. The fraction of sp³-hybridized carbons (Fsp3) is 0.250. The first-order chi connectivity index (χ1) is 11.1. The zero-order chi connectivity index (χ0) is 16.4. The van der Waals surface area contributed by atoms with Gasteiger partial charge in [-0.2, -0.15) is 0 Å². The van der Waals surface area contributed by atoms with Crippen molar-refractivity contribution in [3.8, 4) is 11.1 Å². The summed E-state index contributed by atoms with van der Waals surface area (Å²) in [6.07, 6.45) is 3.49. The van der Waals surface area contributed by atoms with E-state index in [1.165, 1.54) is 4.90 Å². The molecule has 1 fully saturated rings. The summed E-state index contributed by atoms with van der Waals surface area (Å²) < 4.78 is 0. The van der Waals surface area contributed by atoms with E-state index >= 15 is 0 Å². The van der Waals surface area contributed by atoms with Crippen molar-refractivity contribution in [2.75, 3.05) is 23.8 Å². The van der Waals surface area contributed by atoms with E-state index in [4.69, 9.17) is 5.11 Å². The molecule has 7 heteroatoms. The Morgan fingerprint density at radius 3 is 2.39 bits per heavy atom. The minimum Gasteiger partial charge on any atom is -0.481 e. The summed E-state index contributed by atoms with van der Waals surface area (Å²) in [4.78, 5) is 32.8. The summed E-state index contributed by atoms with van der Waals surface area (Å²) in [6.45, 7) is 0.216. The Kier molecular flexibility index (Phi) is 3.92. The number of rotatable bonds is 4. The van der Waals surface area contributed by atoms with Gasteiger partial charge in [0.15, 0.2) is 0 Å². The van der Waals surface area contributed by atoms with Gasteiger partial charge < -0.3 is 15.3 Å². The van der Waals surface area contributed by atoms with E-state index in [9.17, 15) is 9.59 Å². The van der Waals surface area contributed by atoms with Crippen molar-refractivity contribution in [1.82, 2.24) is 9.97 Å². The van der Waals surface area contributed by atoms with E-state index in [2.05, 4.69) is 15.3 Å². The summed E-state index contributed by atoms with van der Waals surface area (Å²) in [5.74, 6) is -1.18. The molecule has 0 saturated carbocycles. The highest BCUT2D eigenvalue weighted by Gasteiger charge is 2.34. The van der Waals surface area contributed by atoms with Crippen LogP contribution in [0.25, 0.3) is 11.1 Å². The second-order valence-electron chi connectivity index (χ2n) is 5.34. The van der Waals surface area contributed by atoms with Crippen molar-refractivity contribution in [2.45, 2.75) is 6.42 Å². The number of hydrogen-bond donors (Lipinski definition) is 2. The first-order valence-electron chi connectivity index (χ1n) is 7.22. The highest BCUT2D eigenvalue weighted by molar-refractivity contribution is 5.99. The third kappa shape index (κ3) is 2.98. The Labute approximate surface area is 133 Å². The van der Waals surface area contributed by atoms with E-state index in [1.54, 1.807) is 19.4 Å². The maximum absolute atomic E-state index is 12.0. The molecule has 7 nitrogen and oxygen atoms in total. The molecule has 1 unspecified atom stereocenters. The van der Waals surface area contributed by atoms with Gasteiger partial charge >= 0.3 is 5.97 Å². The third-order valence-corrected chi connectivity index (χ3v) is 3.86. The Hall–Kier alpha value is -2.96. The minimum atomic E-state index is -0.931. The van der Waals surface area contributed by atoms with E-state index in [1.807, 2.05) is 24.3 Å². The van der Waals surface area contributed by atoms with E-state index in [-0.39, 0.29) is 18.9 Å². The highest BCUT2D eigenvalue weighted by Crippen LogP contribution is 2.27. The number of anilines is 2. The van der Waals surface area contributed by atoms with Crippen molar-refractivity contribution < 1.29 is 14.7 Å². The number of nitrogens with zero attached hydrogens (tertiary/aromatic N) is 3. The number of amides is 1. The fourth-order valence-electron chi connectivity index (χ4n) is 2.56. The molecular formula is C16H16N4O3. The fourth-order valence-corrected chi connectivity index (χ4v) is 2.56. The maximum Gasteiger partial charge on any atom is 0.308 e. The van der Waals surface area contributed by atoms with Crippen LogP contribution in [-0.2, 0) is 9.59 Å². The lowest BCUT2D eigenvalue weighted by molar-refractivity contribution is -0.141. The van der Waals surface area contributed by atoms with Crippen LogP contribution in [0, 0.1) is 5.92 Å². The maximum atomic E-state index is 12.0. The molecule has 0 radical (unpaired) electrons. The molecule has 23 heavy (non-hydrogen) atoms. The zero-order valence-corrected chi connectivity index (χ0v) is 12.6. The highest BCUT2D eigenvalue weighted by atomic mass is 16.4. The van der Waals surface area contributed by atoms with Gasteiger partial charge in [-0.1, -0.05) is 12.1 Å². The molecule has 2 aromatic rings. The van der Waals surface area contributed by atoms with Crippen LogP contribution in [0.5, 0.6) is 0 Å². The second-order valence-corrected chi connectivity index (χ2v) is 5.34. The van der Waals surface area contributed by atoms with E-state index < -0.39 is 11.9 Å². The average molecular weight is 312 g/mol. The number of carboxylic acid groups (broad SMARTS) is 1. The molecule has 1 aromatic carbocycles. The van der Waals surface area contributed by atoms with Crippen LogP contribution in [0.3, 0.4) is 0 Å². The SMILES string of the molecule is CNc1ncc(-c2ccc(N3CC(C(=O)O)CC3=O)cc2)cn1. The topological polar surface area (TPSA) is 95.4 Å². The molecule has 0 bridgehead atoms. The Morgan fingerprint density at radius 1 is 1.22 bits per heavy atom. The van der Waals surface area contributed by atoms with Gasteiger partial charge in [0.05, 0.1) is 5.92 Å². The van der Waals surface area contributed by atoms with Crippen LogP contribution < -0.4 is 10.2 Å². The quantitative estimate of drug-likeness (QED) is 0.891. The zero-order valence-electron chi connectivity index (χ0n) is 12.6. The number of aromatic nitrogens is 2. The lowest BCUT2D eigenvalue weighted by Gasteiger charge is -2.16. The number of hydrogen-bond acceptors (Lipinski definition) is 5. The molecule has 1 saturated heterocycles. The predicted octanol–water partition coefficient (Wildman–Crippen LogP) is 1.62. The largest absolute Gasteiger partial charge is 0.481 e. The first-order valence-corrected chi connectivity index (χ1v) is 7.22. The van der Waals surface area contributed by atoms with Crippen molar-refractivity contribution in [2.24, 2.45) is 5.92 Å². The van der Waals surface area contributed by atoms with Crippen LogP contribution in [0.1, 0.15) is 6.42 Å². The molecule has 3 rings (SSSR count). The molecule has 2 heterocycles. The predicted molar refractivity (Wildman–Crippen MR) is 85.1 cm³/mol. The van der Waals surface area contributed by atoms with Gasteiger partial charge in [-0.05, 0) is 17.7 Å². The minimum absolute atomic E-state index is 0.0520. The van der Waals surface area contributed by atoms with Crippen LogP contribution in [0.15, 0.2) is 36.7 Å². The van der Waals surface area contributed by atoms with Crippen LogP contribution in [0.2, 0.25) is 0 Å². The molecule has 1 aromatic heterocycles. The Morgan fingerprint density at radius 2 is 1.87 bits per heavy atom. The van der Waals surface area contributed by atoms with Crippen LogP contribution in [0.4, 0.5) is 11.6 Å². The Balaban J connectivity index is 1.79. The van der Waals surface area contributed by atoms with Gasteiger partial charge in [0.1, 0.15) is 0 Å². The number of carboxylic acids is 1. The molecule has 0 spiro atoms. The van der Waals surface area contributed by atoms with Crippen LogP contribution >= 0.6 is 0 Å².